The molecule has 0 amide bonds. The SMILES string of the molecule is N=C(N)c1ccc(COCc2ccc(Br)cc2)cc1. The molecule has 0 spiro atoms. The molecule has 2 aromatic rings. The van der Waals surface area contributed by atoms with E-state index in [2.05, 4.69) is 15.9 Å². The second-order valence-corrected chi connectivity index (χ2v) is 5.15. The van der Waals surface area contributed by atoms with Crippen LogP contribution in [0.2, 0.25) is 0 Å². The molecular weight excluding hydrogens is 304 g/mol. The fraction of sp³-hybridized carbons (Fsp3) is 0.133. The molecule has 2 aromatic carbocycles. The van der Waals surface area contributed by atoms with Crippen LogP contribution in [0.1, 0.15) is 16.7 Å². The van der Waals surface area contributed by atoms with Crippen molar-refractivity contribution in [2.75, 3.05) is 0 Å². The fourth-order valence-corrected chi connectivity index (χ4v) is 1.91. The maximum absolute atomic E-state index is 7.32. The third kappa shape index (κ3) is 4.19. The van der Waals surface area contributed by atoms with Gasteiger partial charge < -0.3 is 10.5 Å². The smallest absolute Gasteiger partial charge is 0.122 e. The van der Waals surface area contributed by atoms with Crippen molar-refractivity contribution in [3.8, 4) is 0 Å². The van der Waals surface area contributed by atoms with Crippen molar-refractivity contribution in [3.63, 3.8) is 0 Å². The lowest BCUT2D eigenvalue weighted by atomic mass is 10.1. The molecule has 3 N–H and O–H groups in total. The molecule has 0 saturated heterocycles. The highest BCUT2D eigenvalue weighted by molar-refractivity contribution is 9.10. The van der Waals surface area contributed by atoms with Crippen LogP contribution in [0.3, 0.4) is 0 Å². The topological polar surface area (TPSA) is 59.1 Å². The molecule has 4 heteroatoms. The number of benzene rings is 2. The molecule has 0 aliphatic carbocycles. The summed E-state index contributed by atoms with van der Waals surface area (Å²) < 4.78 is 6.71. The lowest BCUT2D eigenvalue weighted by Gasteiger charge is -2.06. The van der Waals surface area contributed by atoms with Crippen molar-refractivity contribution in [2.24, 2.45) is 5.73 Å². The highest BCUT2D eigenvalue weighted by atomic mass is 79.9. The number of hydrogen-bond acceptors (Lipinski definition) is 2. The van der Waals surface area contributed by atoms with E-state index in [1.165, 1.54) is 0 Å². The van der Waals surface area contributed by atoms with Crippen molar-refractivity contribution in [2.45, 2.75) is 13.2 Å². The van der Waals surface area contributed by atoms with Crippen LogP contribution in [0, 0.1) is 5.41 Å². The van der Waals surface area contributed by atoms with Crippen LogP contribution in [0.15, 0.2) is 53.0 Å². The van der Waals surface area contributed by atoms with Gasteiger partial charge in [-0.3, -0.25) is 5.41 Å². The Labute approximate surface area is 121 Å². The first-order chi connectivity index (χ1) is 9.15. The van der Waals surface area contributed by atoms with Crippen molar-refractivity contribution in [1.29, 1.82) is 5.41 Å². The molecule has 3 nitrogen and oxygen atoms in total. The quantitative estimate of drug-likeness (QED) is 0.655. The van der Waals surface area contributed by atoms with E-state index in [9.17, 15) is 0 Å². The molecule has 0 aromatic heterocycles. The average Bonchev–Trinajstić information content (AvgIpc) is 2.41. The number of nitrogen functional groups attached to an aromatic ring is 1. The number of amidine groups is 1. The van der Waals surface area contributed by atoms with E-state index >= 15 is 0 Å². The Kier molecular flexibility index (Phi) is 4.71. The van der Waals surface area contributed by atoms with Crippen molar-refractivity contribution in [1.82, 2.24) is 0 Å². The third-order valence-corrected chi connectivity index (χ3v) is 3.24. The van der Waals surface area contributed by atoms with Gasteiger partial charge in [0.05, 0.1) is 13.2 Å². The highest BCUT2D eigenvalue weighted by Crippen LogP contribution is 2.12. The fourth-order valence-electron chi connectivity index (χ4n) is 1.65. The average molecular weight is 319 g/mol. The van der Waals surface area contributed by atoms with Crippen LogP contribution in [-0.4, -0.2) is 5.84 Å². The van der Waals surface area contributed by atoms with Gasteiger partial charge in [0.1, 0.15) is 5.84 Å². The van der Waals surface area contributed by atoms with Gasteiger partial charge in [0, 0.05) is 10.0 Å². The monoisotopic (exact) mass is 318 g/mol. The zero-order valence-electron chi connectivity index (χ0n) is 10.4. The van der Waals surface area contributed by atoms with E-state index in [1.807, 2.05) is 48.5 Å². The van der Waals surface area contributed by atoms with Crippen molar-refractivity contribution >= 4 is 21.8 Å². The summed E-state index contributed by atoms with van der Waals surface area (Å²) in [6.45, 7) is 1.13. The Balaban J connectivity index is 1.85. The van der Waals surface area contributed by atoms with E-state index in [0.29, 0.717) is 13.2 Å². The summed E-state index contributed by atoms with van der Waals surface area (Å²) in [6.07, 6.45) is 0. The number of hydrogen-bond donors (Lipinski definition) is 2. The predicted molar refractivity (Wildman–Crippen MR) is 80.1 cm³/mol. The molecule has 0 aliphatic heterocycles. The molecule has 0 bridgehead atoms. The second-order valence-electron chi connectivity index (χ2n) is 4.23. The minimum Gasteiger partial charge on any atom is -0.384 e. The number of ether oxygens (including phenoxy) is 1. The van der Waals surface area contributed by atoms with E-state index in [4.69, 9.17) is 15.9 Å². The zero-order valence-corrected chi connectivity index (χ0v) is 12.0. The van der Waals surface area contributed by atoms with E-state index in [0.717, 1.165) is 21.2 Å². The van der Waals surface area contributed by atoms with E-state index in [1.54, 1.807) is 0 Å². The summed E-state index contributed by atoms with van der Waals surface area (Å²) >= 11 is 3.40. The summed E-state index contributed by atoms with van der Waals surface area (Å²) in [6, 6.07) is 15.6. The second kappa shape index (κ2) is 6.50. The molecule has 0 atom stereocenters. The first kappa shape index (κ1) is 13.8. The lowest BCUT2D eigenvalue weighted by Crippen LogP contribution is -2.10. The molecule has 0 fully saturated rings. The molecule has 98 valence electrons. The summed E-state index contributed by atoms with van der Waals surface area (Å²) in [5.74, 6) is 0.0855. The molecule has 19 heavy (non-hydrogen) atoms. The Hall–Kier alpha value is -1.65. The standard InChI is InChI=1S/C15H15BrN2O/c16-14-7-3-12(4-8-14)10-19-9-11-1-5-13(6-2-11)15(17)18/h1-8H,9-10H2,(H3,17,18). The van der Waals surface area contributed by atoms with Crippen LogP contribution in [0.5, 0.6) is 0 Å². The van der Waals surface area contributed by atoms with Gasteiger partial charge in [-0.25, -0.2) is 0 Å². The van der Waals surface area contributed by atoms with Crippen molar-refractivity contribution < 1.29 is 4.74 Å². The van der Waals surface area contributed by atoms with E-state index < -0.39 is 0 Å². The number of nitrogens with one attached hydrogen (secondary N) is 1. The van der Waals surface area contributed by atoms with Gasteiger partial charge in [-0.2, -0.15) is 0 Å². The minimum absolute atomic E-state index is 0.0855. The lowest BCUT2D eigenvalue weighted by molar-refractivity contribution is 0.107. The van der Waals surface area contributed by atoms with E-state index in [-0.39, 0.29) is 5.84 Å². The van der Waals surface area contributed by atoms with Crippen LogP contribution in [-0.2, 0) is 18.0 Å². The van der Waals surface area contributed by atoms with Gasteiger partial charge in [0.15, 0.2) is 0 Å². The first-order valence-electron chi connectivity index (χ1n) is 5.90. The Morgan fingerprint density at radius 3 is 1.89 bits per heavy atom. The minimum atomic E-state index is 0.0855. The molecule has 2 rings (SSSR count). The Bertz CT molecular complexity index is 549. The van der Waals surface area contributed by atoms with Gasteiger partial charge in [0.2, 0.25) is 0 Å². The summed E-state index contributed by atoms with van der Waals surface area (Å²) in [7, 11) is 0. The first-order valence-corrected chi connectivity index (χ1v) is 6.70. The number of halogens is 1. The molecular formula is C15H15BrN2O. The molecule has 0 heterocycles. The zero-order chi connectivity index (χ0) is 13.7. The molecule has 0 saturated carbocycles. The Morgan fingerprint density at radius 1 is 0.947 bits per heavy atom. The van der Waals surface area contributed by atoms with Crippen LogP contribution >= 0.6 is 15.9 Å². The normalized spacial score (nSPS) is 10.4. The van der Waals surface area contributed by atoms with Crippen LogP contribution in [0.4, 0.5) is 0 Å². The third-order valence-electron chi connectivity index (χ3n) is 2.72. The van der Waals surface area contributed by atoms with Gasteiger partial charge in [0.25, 0.3) is 0 Å². The number of nitrogens with two attached hydrogens (primary N) is 1. The molecule has 0 unspecified atom stereocenters. The van der Waals surface area contributed by atoms with Crippen molar-refractivity contribution in [3.05, 3.63) is 69.7 Å². The summed E-state index contributed by atoms with van der Waals surface area (Å²) in [5.41, 5.74) is 8.35. The summed E-state index contributed by atoms with van der Waals surface area (Å²) in [4.78, 5) is 0. The predicted octanol–water partition coefficient (Wildman–Crippen LogP) is 3.45. The summed E-state index contributed by atoms with van der Waals surface area (Å²) in [5, 5.41) is 7.32. The molecule has 0 aliphatic rings. The van der Waals surface area contributed by atoms with Gasteiger partial charge in [-0.1, -0.05) is 52.3 Å². The Morgan fingerprint density at radius 2 is 1.42 bits per heavy atom. The van der Waals surface area contributed by atoms with Gasteiger partial charge in [-0.15, -0.1) is 0 Å². The number of rotatable bonds is 5. The van der Waals surface area contributed by atoms with Gasteiger partial charge in [-0.05, 0) is 23.3 Å². The van der Waals surface area contributed by atoms with Gasteiger partial charge >= 0.3 is 0 Å². The largest absolute Gasteiger partial charge is 0.384 e. The van der Waals surface area contributed by atoms with Crippen LogP contribution in [0.25, 0.3) is 0 Å². The molecule has 0 radical (unpaired) electrons. The van der Waals surface area contributed by atoms with Crippen LogP contribution < -0.4 is 5.73 Å². The maximum atomic E-state index is 7.32. The maximum Gasteiger partial charge on any atom is 0.122 e. The highest BCUT2D eigenvalue weighted by Gasteiger charge is 1.98.